The fourth-order valence-electron chi connectivity index (χ4n) is 1.62. The Morgan fingerprint density at radius 1 is 1.47 bits per heavy atom. The molecule has 0 fully saturated rings. The Labute approximate surface area is 96.6 Å². The van der Waals surface area contributed by atoms with E-state index in [0.29, 0.717) is 0 Å². The van der Waals surface area contributed by atoms with Crippen LogP contribution in [0.3, 0.4) is 0 Å². The van der Waals surface area contributed by atoms with Crippen molar-refractivity contribution >= 4 is 11.6 Å². The predicted molar refractivity (Wildman–Crippen MR) is 64.2 cm³/mol. The van der Waals surface area contributed by atoms with Gasteiger partial charge in [-0.25, -0.2) is 0 Å². The predicted octanol–water partition coefficient (Wildman–Crippen LogP) is 2.31. The zero-order valence-electron chi connectivity index (χ0n) is 9.76. The van der Waals surface area contributed by atoms with E-state index in [2.05, 4.69) is 18.9 Å². The van der Waals surface area contributed by atoms with E-state index in [1.807, 2.05) is 11.7 Å². The lowest BCUT2D eigenvalue weighted by Gasteiger charge is -2.08. The van der Waals surface area contributed by atoms with Gasteiger partial charge in [0.05, 0.1) is 16.4 Å². The van der Waals surface area contributed by atoms with Gasteiger partial charge in [0.2, 0.25) is 0 Å². The van der Waals surface area contributed by atoms with Crippen molar-refractivity contribution in [3.05, 3.63) is 16.4 Å². The minimum Gasteiger partial charge on any atom is -0.328 e. The van der Waals surface area contributed by atoms with E-state index < -0.39 is 0 Å². The van der Waals surface area contributed by atoms with E-state index in [-0.39, 0.29) is 6.04 Å². The summed E-state index contributed by atoms with van der Waals surface area (Å²) in [6.07, 6.45) is 3.78. The molecular formula is C11H20ClN3. The minimum absolute atomic E-state index is 0.265. The number of halogens is 1. The van der Waals surface area contributed by atoms with Gasteiger partial charge in [0.1, 0.15) is 0 Å². The Morgan fingerprint density at radius 3 is 2.60 bits per heavy atom. The zero-order valence-corrected chi connectivity index (χ0v) is 10.5. The molecule has 0 bridgehead atoms. The molecule has 4 heteroatoms. The number of hydrogen-bond acceptors (Lipinski definition) is 2. The molecule has 0 aliphatic carbocycles. The average Bonchev–Trinajstić information content (AvgIpc) is 2.51. The van der Waals surface area contributed by atoms with Gasteiger partial charge in [0, 0.05) is 13.1 Å². The van der Waals surface area contributed by atoms with E-state index in [9.17, 15) is 0 Å². The standard InChI is InChI=1S/C11H20ClN3/c1-4-8(13)6-7-10-11(12)9(5-2)14-15(10)3/h8H,4-7,13H2,1-3H3. The SMILES string of the molecule is CCc1nn(C)c(CCC(N)CC)c1Cl. The lowest BCUT2D eigenvalue weighted by atomic mass is 10.1. The maximum atomic E-state index is 6.23. The number of aromatic nitrogens is 2. The van der Waals surface area contributed by atoms with Gasteiger partial charge in [-0.1, -0.05) is 25.4 Å². The van der Waals surface area contributed by atoms with Gasteiger partial charge in [0.15, 0.2) is 0 Å². The molecule has 0 saturated carbocycles. The summed E-state index contributed by atoms with van der Waals surface area (Å²) in [5.41, 5.74) is 7.98. The maximum absolute atomic E-state index is 6.23. The summed E-state index contributed by atoms with van der Waals surface area (Å²) >= 11 is 6.23. The van der Waals surface area contributed by atoms with Gasteiger partial charge in [0.25, 0.3) is 0 Å². The van der Waals surface area contributed by atoms with Crippen molar-refractivity contribution in [1.82, 2.24) is 9.78 Å². The van der Waals surface area contributed by atoms with E-state index in [4.69, 9.17) is 17.3 Å². The fourth-order valence-corrected chi connectivity index (χ4v) is 2.01. The minimum atomic E-state index is 0.265. The topological polar surface area (TPSA) is 43.8 Å². The average molecular weight is 230 g/mol. The molecule has 0 amide bonds. The fraction of sp³-hybridized carbons (Fsp3) is 0.727. The molecule has 15 heavy (non-hydrogen) atoms. The third kappa shape index (κ3) is 2.95. The summed E-state index contributed by atoms with van der Waals surface area (Å²) in [4.78, 5) is 0. The van der Waals surface area contributed by atoms with Crippen LogP contribution in [0.25, 0.3) is 0 Å². The highest BCUT2D eigenvalue weighted by molar-refractivity contribution is 6.31. The second-order valence-corrected chi connectivity index (χ2v) is 4.27. The van der Waals surface area contributed by atoms with Crippen LogP contribution in [-0.2, 0) is 19.9 Å². The van der Waals surface area contributed by atoms with Gasteiger partial charge in [-0.2, -0.15) is 5.10 Å². The van der Waals surface area contributed by atoms with Crippen LogP contribution in [0.1, 0.15) is 38.1 Å². The molecule has 1 aromatic heterocycles. The van der Waals surface area contributed by atoms with Crippen molar-refractivity contribution < 1.29 is 0 Å². The van der Waals surface area contributed by atoms with E-state index in [1.54, 1.807) is 0 Å². The van der Waals surface area contributed by atoms with Crippen molar-refractivity contribution in [2.75, 3.05) is 0 Å². The Hall–Kier alpha value is -0.540. The molecule has 0 saturated heterocycles. The smallest absolute Gasteiger partial charge is 0.0849 e. The highest BCUT2D eigenvalue weighted by Gasteiger charge is 2.13. The van der Waals surface area contributed by atoms with Crippen molar-refractivity contribution in [3.63, 3.8) is 0 Å². The Bertz CT molecular complexity index is 320. The Morgan fingerprint density at radius 2 is 2.13 bits per heavy atom. The summed E-state index contributed by atoms with van der Waals surface area (Å²) in [6.45, 7) is 4.17. The molecule has 1 rings (SSSR count). The van der Waals surface area contributed by atoms with Crippen molar-refractivity contribution in [2.45, 2.75) is 45.6 Å². The second kappa shape index (κ2) is 5.52. The molecule has 1 aromatic rings. The molecule has 86 valence electrons. The van der Waals surface area contributed by atoms with Crippen LogP contribution in [0, 0.1) is 0 Å². The lowest BCUT2D eigenvalue weighted by Crippen LogP contribution is -2.19. The first kappa shape index (κ1) is 12.5. The van der Waals surface area contributed by atoms with Crippen LogP contribution in [-0.4, -0.2) is 15.8 Å². The molecule has 1 unspecified atom stereocenters. The number of rotatable bonds is 5. The molecule has 2 N–H and O–H groups in total. The van der Waals surface area contributed by atoms with E-state index in [0.717, 1.165) is 42.1 Å². The molecule has 0 aliphatic heterocycles. The van der Waals surface area contributed by atoms with E-state index in [1.165, 1.54) is 0 Å². The largest absolute Gasteiger partial charge is 0.328 e. The molecule has 0 aromatic carbocycles. The van der Waals surface area contributed by atoms with Gasteiger partial charge < -0.3 is 5.73 Å². The number of hydrogen-bond donors (Lipinski definition) is 1. The summed E-state index contributed by atoms with van der Waals surface area (Å²) in [6, 6.07) is 0.265. The highest BCUT2D eigenvalue weighted by atomic mass is 35.5. The first-order valence-corrected chi connectivity index (χ1v) is 5.93. The van der Waals surface area contributed by atoms with Gasteiger partial charge in [-0.3, -0.25) is 4.68 Å². The Kier molecular flexibility index (Phi) is 4.61. The maximum Gasteiger partial charge on any atom is 0.0849 e. The van der Waals surface area contributed by atoms with Crippen LogP contribution in [0.4, 0.5) is 0 Å². The first-order valence-electron chi connectivity index (χ1n) is 5.55. The van der Waals surface area contributed by atoms with Crippen molar-refractivity contribution in [1.29, 1.82) is 0 Å². The van der Waals surface area contributed by atoms with Crippen molar-refractivity contribution in [3.8, 4) is 0 Å². The van der Waals surface area contributed by atoms with Gasteiger partial charge in [-0.05, 0) is 25.7 Å². The summed E-state index contributed by atoms with van der Waals surface area (Å²) in [5, 5.41) is 5.20. The molecule has 1 heterocycles. The molecular weight excluding hydrogens is 210 g/mol. The number of nitrogens with zero attached hydrogens (tertiary/aromatic N) is 2. The zero-order chi connectivity index (χ0) is 11.4. The third-order valence-electron chi connectivity index (χ3n) is 2.78. The lowest BCUT2D eigenvalue weighted by molar-refractivity contribution is 0.575. The van der Waals surface area contributed by atoms with Crippen molar-refractivity contribution in [2.24, 2.45) is 12.8 Å². The normalized spacial score (nSPS) is 13.1. The quantitative estimate of drug-likeness (QED) is 0.842. The molecule has 1 atom stereocenters. The monoisotopic (exact) mass is 229 g/mol. The van der Waals surface area contributed by atoms with E-state index >= 15 is 0 Å². The molecule has 3 nitrogen and oxygen atoms in total. The van der Waals surface area contributed by atoms with Crippen LogP contribution >= 0.6 is 11.6 Å². The highest BCUT2D eigenvalue weighted by Crippen LogP contribution is 2.22. The second-order valence-electron chi connectivity index (χ2n) is 3.89. The third-order valence-corrected chi connectivity index (χ3v) is 3.22. The van der Waals surface area contributed by atoms with Gasteiger partial charge in [-0.15, -0.1) is 0 Å². The number of nitrogens with two attached hydrogens (primary N) is 1. The summed E-state index contributed by atoms with van der Waals surface area (Å²) in [5.74, 6) is 0. The van der Waals surface area contributed by atoms with Gasteiger partial charge >= 0.3 is 0 Å². The van der Waals surface area contributed by atoms with Crippen LogP contribution in [0.15, 0.2) is 0 Å². The first-order chi connectivity index (χ1) is 7.10. The number of aryl methyl sites for hydroxylation is 2. The van der Waals surface area contributed by atoms with Crippen LogP contribution in [0.5, 0.6) is 0 Å². The van der Waals surface area contributed by atoms with Crippen LogP contribution in [0.2, 0.25) is 5.02 Å². The molecule has 0 spiro atoms. The summed E-state index contributed by atoms with van der Waals surface area (Å²) < 4.78 is 1.88. The van der Waals surface area contributed by atoms with Crippen LogP contribution < -0.4 is 5.73 Å². The summed E-state index contributed by atoms with van der Waals surface area (Å²) in [7, 11) is 1.94. The molecule has 0 radical (unpaired) electrons. The molecule has 0 aliphatic rings. The Balaban J connectivity index is 2.72.